The molecule has 0 aromatic heterocycles. The van der Waals surface area contributed by atoms with Gasteiger partial charge in [0.25, 0.3) is 0 Å². The monoisotopic (exact) mass is 205 g/mol. The van der Waals surface area contributed by atoms with Gasteiger partial charge in [-0.05, 0) is 24.8 Å². The Balaban J connectivity index is 2.64. The Labute approximate surface area is 93.9 Å². The van der Waals surface area contributed by atoms with E-state index in [1.807, 2.05) is 0 Å². The molecule has 0 saturated heterocycles. The zero-order valence-corrected chi connectivity index (χ0v) is 10.2. The van der Waals surface area contributed by atoms with Gasteiger partial charge in [0.2, 0.25) is 0 Å². The molecular weight excluding hydrogens is 182 g/mol. The van der Waals surface area contributed by atoms with Crippen LogP contribution in [0.15, 0.2) is 30.3 Å². The van der Waals surface area contributed by atoms with Crippen LogP contribution >= 0.6 is 0 Å². The number of rotatable bonds is 6. The van der Waals surface area contributed by atoms with Crippen LogP contribution in [0.1, 0.15) is 51.6 Å². The zero-order valence-electron chi connectivity index (χ0n) is 10.2. The van der Waals surface area contributed by atoms with Crippen molar-refractivity contribution in [3.8, 4) is 0 Å². The molecule has 0 unspecified atom stereocenters. The molecule has 0 saturated carbocycles. The fourth-order valence-corrected chi connectivity index (χ4v) is 1.94. The summed E-state index contributed by atoms with van der Waals surface area (Å²) in [5.74, 6) is 0. The Bertz CT molecular complexity index is 251. The zero-order chi connectivity index (χ0) is 11.1. The number of hydrogen-bond donors (Lipinski definition) is 1. The van der Waals surface area contributed by atoms with Crippen molar-refractivity contribution in [2.24, 2.45) is 0 Å². The molecule has 84 valence electrons. The van der Waals surface area contributed by atoms with E-state index in [9.17, 15) is 0 Å². The van der Waals surface area contributed by atoms with Crippen LogP contribution in [0.3, 0.4) is 0 Å². The van der Waals surface area contributed by atoms with Crippen LogP contribution in [0.5, 0.6) is 0 Å². The minimum absolute atomic E-state index is 0.510. The smallest absolute Gasteiger partial charge is 0.0320 e. The van der Waals surface area contributed by atoms with Crippen LogP contribution in [0, 0.1) is 0 Å². The highest BCUT2D eigenvalue weighted by Gasteiger charge is 2.12. The van der Waals surface area contributed by atoms with Crippen LogP contribution in [-0.4, -0.2) is 6.04 Å². The summed E-state index contributed by atoms with van der Waals surface area (Å²) in [7, 11) is 0. The van der Waals surface area contributed by atoms with E-state index in [4.69, 9.17) is 0 Å². The molecule has 0 fully saturated rings. The summed E-state index contributed by atoms with van der Waals surface area (Å²) in [5.41, 5.74) is 1.41. The summed E-state index contributed by atoms with van der Waals surface area (Å²) in [4.78, 5) is 0. The minimum atomic E-state index is 0.510. The Hall–Kier alpha value is -0.820. The van der Waals surface area contributed by atoms with Crippen molar-refractivity contribution >= 4 is 0 Å². The van der Waals surface area contributed by atoms with Gasteiger partial charge in [0, 0.05) is 12.1 Å². The molecule has 0 radical (unpaired) electrons. The molecular formula is C14H23N. The number of hydrogen-bond acceptors (Lipinski definition) is 1. The largest absolute Gasteiger partial charge is 0.307 e. The lowest BCUT2D eigenvalue weighted by Gasteiger charge is -2.23. The maximum atomic E-state index is 3.72. The molecule has 1 heteroatoms. The van der Waals surface area contributed by atoms with Crippen LogP contribution in [0.2, 0.25) is 0 Å². The summed E-state index contributed by atoms with van der Waals surface area (Å²) in [6.07, 6.45) is 3.57. The van der Waals surface area contributed by atoms with E-state index in [0.717, 1.165) is 6.42 Å². The van der Waals surface area contributed by atoms with Gasteiger partial charge in [-0.1, -0.05) is 51.1 Å². The van der Waals surface area contributed by atoms with Crippen molar-refractivity contribution in [3.05, 3.63) is 35.9 Å². The highest BCUT2D eigenvalue weighted by atomic mass is 14.9. The summed E-state index contributed by atoms with van der Waals surface area (Å²) >= 11 is 0. The van der Waals surface area contributed by atoms with E-state index in [2.05, 4.69) is 56.4 Å². The SMILES string of the molecule is CCC(CC)N[C@@H](CC)c1ccccc1. The summed E-state index contributed by atoms with van der Waals surface area (Å²) in [5, 5.41) is 3.72. The molecule has 0 bridgehead atoms. The summed E-state index contributed by atoms with van der Waals surface area (Å²) in [6.45, 7) is 6.74. The third-order valence-electron chi connectivity index (χ3n) is 3.03. The van der Waals surface area contributed by atoms with Gasteiger partial charge in [0.1, 0.15) is 0 Å². The lowest BCUT2D eigenvalue weighted by molar-refractivity contribution is 0.407. The molecule has 1 N–H and O–H groups in total. The first-order chi connectivity index (χ1) is 7.31. The van der Waals surface area contributed by atoms with Crippen molar-refractivity contribution in [2.75, 3.05) is 0 Å². The highest BCUT2D eigenvalue weighted by Crippen LogP contribution is 2.17. The Morgan fingerprint density at radius 3 is 2.00 bits per heavy atom. The number of benzene rings is 1. The molecule has 1 aromatic rings. The highest BCUT2D eigenvalue weighted by molar-refractivity contribution is 5.18. The average Bonchev–Trinajstić information content (AvgIpc) is 2.32. The number of nitrogens with one attached hydrogen (secondary N) is 1. The molecule has 0 aliphatic heterocycles. The molecule has 1 rings (SSSR count). The van der Waals surface area contributed by atoms with Gasteiger partial charge >= 0.3 is 0 Å². The molecule has 0 aliphatic rings. The second kappa shape index (κ2) is 6.62. The first-order valence-electron chi connectivity index (χ1n) is 6.12. The first kappa shape index (κ1) is 12.3. The van der Waals surface area contributed by atoms with Crippen molar-refractivity contribution in [2.45, 2.75) is 52.1 Å². The molecule has 1 atom stereocenters. The van der Waals surface area contributed by atoms with Crippen LogP contribution in [0.25, 0.3) is 0 Å². The van der Waals surface area contributed by atoms with Crippen LogP contribution < -0.4 is 5.32 Å². The third kappa shape index (κ3) is 3.67. The van der Waals surface area contributed by atoms with Gasteiger partial charge in [0.15, 0.2) is 0 Å². The van der Waals surface area contributed by atoms with Crippen LogP contribution in [-0.2, 0) is 0 Å². The summed E-state index contributed by atoms with van der Waals surface area (Å²) in [6, 6.07) is 11.9. The topological polar surface area (TPSA) is 12.0 Å². The Morgan fingerprint density at radius 2 is 1.53 bits per heavy atom. The predicted octanol–water partition coefficient (Wildman–Crippen LogP) is 3.92. The van der Waals surface area contributed by atoms with Gasteiger partial charge in [-0.25, -0.2) is 0 Å². The molecule has 0 spiro atoms. The van der Waals surface area contributed by atoms with E-state index in [1.165, 1.54) is 18.4 Å². The third-order valence-corrected chi connectivity index (χ3v) is 3.03. The Kier molecular flexibility index (Phi) is 5.41. The van der Waals surface area contributed by atoms with E-state index < -0.39 is 0 Å². The normalized spacial score (nSPS) is 13.1. The van der Waals surface area contributed by atoms with Crippen molar-refractivity contribution in [1.82, 2.24) is 5.32 Å². The minimum Gasteiger partial charge on any atom is -0.307 e. The van der Waals surface area contributed by atoms with Gasteiger partial charge in [-0.2, -0.15) is 0 Å². The van der Waals surface area contributed by atoms with Gasteiger partial charge in [-0.15, -0.1) is 0 Å². The molecule has 1 aromatic carbocycles. The average molecular weight is 205 g/mol. The predicted molar refractivity (Wildman–Crippen MR) is 67.0 cm³/mol. The molecule has 0 amide bonds. The van der Waals surface area contributed by atoms with E-state index in [1.54, 1.807) is 0 Å². The van der Waals surface area contributed by atoms with Crippen molar-refractivity contribution in [1.29, 1.82) is 0 Å². The van der Waals surface area contributed by atoms with E-state index in [0.29, 0.717) is 12.1 Å². The van der Waals surface area contributed by atoms with Gasteiger partial charge in [-0.3, -0.25) is 0 Å². The van der Waals surface area contributed by atoms with E-state index in [-0.39, 0.29) is 0 Å². The standard InChI is InChI=1S/C14H23N/c1-4-13(5-2)15-14(6-3)12-10-8-7-9-11-12/h7-11,13-15H,4-6H2,1-3H3/t14-/m0/s1. The van der Waals surface area contributed by atoms with Crippen LogP contribution in [0.4, 0.5) is 0 Å². The van der Waals surface area contributed by atoms with Crippen molar-refractivity contribution < 1.29 is 0 Å². The second-order valence-corrected chi connectivity index (χ2v) is 4.05. The lowest BCUT2D eigenvalue weighted by atomic mass is 10.0. The molecule has 0 aliphatic carbocycles. The van der Waals surface area contributed by atoms with Gasteiger partial charge < -0.3 is 5.32 Å². The maximum Gasteiger partial charge on any atom is 0.0320 e. The summed E-state index contributed by atoms with van der Waals surface area (Å²) < 4.78 is 0. The first-order valence-corrected chi connectivity index (χ1v) is 6.12. The quantitative estimate of drug-likeness (QED) is 0.742. The Morgan fingerprint density at radius 1 is 0.933 bits per heavy atom. The fourth-order valence-electron chi connectivity index (χ4n) is 1.94. The maximum absolute atomic E-state index is 3.72. The molecule has 1 nitrogen and oxygen atoms in total. The van der Waals surface area contributed by atoms with E-state index >= 15 is 0 Å². The van der Waals surface area contributed by atoms with Gasteiger partial charge in [0.05, 0.1) is 0 Å². The molecule has 15 heavy (non-hydrogen) atoms. The molecule has 0 heterocycles. The fraction of sp³-hybridized carbons (Fsp3) is 0.571. The van der Waals surface area contributed by atoms with Crippen molar-refractivity contribution in [3.63, 3.8) is 0 Å². The lowest BCUT2D eigenvalue weighted by Crippen LogP contribution is -2.31. The second-order valence-electron chi connectivity index (χ2n) is 4.05.